The predicted octanol–water partition coefficient (Wildman–Crippen LogP) is 3.59. The van der Waals surface area contributed by atoms with Crippen LogP contribution in [0, 0.1) is 0 Å². The van der Waals surface area contributed by atoms with Crippen molar-refractivity contribution in [1.29, 1.82) is 0 Å². The Labute approximate surface area is 135 Å². The summed E-state index contributed by atoms with van der Waals surface area (Å²) in [4.78, 5) is 22.7. The van der Waals surface area contributed by atoms with E-state index in [1.165, 1.54) is 7.11 Å². The Morgan fingerprint density at radius 2 is 2.00 bits per heavy atom. The molecule has 0 amide bonds. The third kappa shape index (κ3) is 4.07. The molecule has 0 heterocycles. The van der Waals surface area contributed by atoms with Gasteiger partial charge in [0.25, 0.3) is 0 Å². The number of esters is 1. The van der Waals surface area contributed by atoms with E-state index in [-0.39, 0.29) is 12.6 Å². The van der Waals surface area contributed by atoms with Gasteiger partial charge in [-0.25, -0.2) is 4.79 Å². The summed E-state index contributed by atoms with van der Waals surface area (Å²) in [5.41, 5.74) is 2.71. The number of carbonyl (C=O) groups excluding carboxylic acids is 2. The SMILES string of the molecule is C=CCc1c(C=O)cccc1OCc1cccc(C(=O)OC)c1. The van der Waals surface area contributed by atoms with Crippen LogP contribution in [0.15, 0.2) is 55.1 Å². The predicted molar refractivity (Wildman–Crippen MR) is 87.8 cm³/mol. The van der Waals surface area contributed by atoms with Gasteiger partial charge in [0.15, 0.2) is 0 Å². The number of rotatable bonds is 7. The third-order valence-electron chi connectivity index (χ3n) is 3.39. The fourth-order valence-electron chi connectivity index (χ4n) is 2.26. The Morgan fingerprint density at radius 3 is 2.70 bits per heavy atom. The normalized spacial score (nSPS) is 9.96. The van der Waals surface area contributed by atoms with Crippen molar-refractivity contribution >= 4 is 12.3 Å². The lowest BCUT2D eigenvalue weighted by Crippen LogP contribution is -2.04. The molecule has 2 rings (SSSR count). The van der Waals surface area contributed by atoms with Crippen molar-refractivity contribution in [1.82, 2.24) is 0 Å². The zero-order valence-electron chi connectivity index (χ0n) is 13.0. The quantitative estimate of drug-likeness (QED) is 0.445. The molecule has 0 atom stereocenters. The van der Waals surface area contributed by atoms with Gasteiger partial charge in [-0.15, -0.1) is 6.58 Å². The van der Waals surface area contributed by atoms with Gasteiger partial charge in [0.1, 0.15) is 18.6 Å². The molecule has 118 valence electrons. The molecule has 0 unspecified atom stereocenters. The zero-order valence-corrected chi connectivity index (χ0v) is 13.0. The van der Waals surface area contributed by atoms with E-state index >= 15 is 0 Å². The molecule has 0 radical (unpaired) electrons. The van der Waals surface area contributed by atoms with Crippen LogP contribution < -0.4 is 4.74 Å². The molecular weight excluding hydrogens is 292 g/mol. The first-order valence-electron chi connectivity index (χ1n) is 7.17. The van der Waals surface area contributed by atoms with Crippen LogP contribution in [0.1, 0.15) is 31.8 Å². The van der Waals surface area contributed by atoms with Crippen LogP contribution in [0.5, 0.6) is 5.75 Å². The van der Waals surface area contributed by atoms with Crippen LogP contribution in [-0.2, 0) is 17.8 Å². The molecule has 0 saturated heterocycles. The van der Waals surface area contributed by atoms with Gasteiger partial charge in [0, 0.05) is 11.1 Å². The first-order chi connectivity index (χ1) is 11.2. The van der Waals surface area contributed by atoms with Crippen LogP contribution >= 0.6 is 0 Å². The molecule has 0 fully saturated rings. The molecular formula is C19H18O4. The molecule has 0 N–H and O–H groups in total. The number of methoxy groups -OCH3 is 1. The Balaban J connectivity index is 2.19. The minimum absolute atomic E-state index is 0.289. The van der Waals surface area contributed by atoms with Crippen molar-refractivity contribution in [2.75, 3.05) is 7.11 Å². The van der Waals surface area contributed by atoms with E-state index in [1.807, 2.05) is 12.1 Å². The Bertz CT molecular complexity index is 719. The molecule has 0 spiro atoms. The highest BCUT2D eigenvalue weighted by Gasteiger charge is 2.09. The number of hydrogen-bond acceptors (Lipinski definition) is 4. The van der Waals surface area contributed by atoms with Crippen molar-refractivity contribution in [3.8, 4) is 5.75 Å². The minimum Gasteiger partial charge on any atom is -0.489 e. The van der Waals surface area contributed by atoms with E-state index < -0.39 is 0 Å². The largest absolute Gasteiger partial charge is 0.489 e. The Kier molecular flexibility index (Phi) is 5.69. The van der Waals surface area contributed by atoms with Gasteiger partial charge < -0.3 is 9.47 Å². The maximum atomic E-state index is 11.5. The van der Waals surface area contributed by atoms with Gasteiger partial charge in [-0.1, -0.05) is 30.3 Å². The smallest absolute Gasteiger partial charge is 0.337 e. The molecule has 0 aliphatic carbocycles. The van der Waals surface area contributed by atoms with Gasteiger partial charge >= 0.3 is 5.97 Å². The van der Waals surface area contributed by atoms with Crippen molar-refractivity contribution in [2.24, 2.45) is 0 Å². The lowest BCUT2D eigenvalue weighted by Gasteiger charge is -2.12. The maximum absolute atomic E-state index is 11.5. The topological polar surface area (TPSA) is 52.6 Å². The Morgan fingerprint density at radius 1 is 1.22 bits per heavy atom. The highest BCUT2D eigenvalue weighted by atomic mass is 16.5. The molecule has 0 saturated carbocycles. The van der Waals surface area contributed by atoms with Gasteiger partial charge in [0.05, 0.1) is 12.7 Å². The maximum Gasteiger partial charge on any atom is 0.337 e. The molecule has 0 aromatic heterocycles. The summed E-state index contributed by atoms with van der Waals surface area (Å²) in [7, 11) is 1.35. The van der Waals surface area contributed by atoms with E-state index in [2.05, 4.69) is 6.58 Å². The second-order valence-electron chi connectivity index (χ2n) is 4.92. The number of allylic oxidation sites excluding steroid dienone is 1. The molecule has 23 heavy (non-hydrogen) atoms. The molecule has 4 heteroatoms. The lowest BCUT2D eigenvalue weighted by molar-refractivity contribution is 0.0600. The Hall–Kier alpha value is -2.88. The number of benzene rings is 2. The van der Waals surface area contributed by atoms with E-state index in [0.717, 1.165) is 17.4 Å². The average Bonchev–Trinajstić information content (AvgIpc) is 2.60. The number of aldehydes is 1. The molecule has 2 aromatic rings. The molecule has 4 nitrogen and oxygen atoms in total. The second kappa shape index (κ2) is 7.94. The van der Waals surface area contributed by atoms with E-state index in [4.69, 9.17) is 9.47 Å². The van der Waals surface area contributed by atoms with E-state index in [0.29, 0.717) is 23.3 Å². The molecule has 0 aliphatic heterocycles. The monoisotopic (exact) mass is 310 g/mol. The average molecular weight is 310 g/mol. The van der Waals surface area contributed by atoms with Crippen molar-refractivity contribution in [3.05, 3.63) is 77.4 Å². The van der Waals surface area contributed by atoms with E-state index in [9.17, 15) is 9.59 Å². The standard InChI is InChI=1S/C19H18O4/c1-3-6-17-16(12-20)9-5-10-18(17)23-13-14-7-4-8-15(11-14)19(21)22-2/h3-5,7-12H,1,6,13H2,2H3. The number of ether oxygens (including phenoxy) is 2. The fraction of sp³-hybridized carbons (Fsp3) is 0.158. The van der Waals surface area contributed by atoms with Crippen LogP contribution in [-0.4, -0.2) is 19.4 Å². The summed E-state index contributed by atoms with van der Waals surface area (Å²) in [5, 5.41) is 0. The molecule has 0 bridgehead atoms. The van der Waals surface area contributed by atoms with Crippen molar-refractivity contribution in [2.45, 2.75) is 13.0 Å². The summed E-state index contributed by atoms with van der Waals surface area (Å²) < 4.78 is 10.5. The van der Waals surface area contributed by atoms with Crippen LogP contribution in [0.25, 0.3) is 0 Å². The summed E-state index contributed by atoms with van der Waals surface area (Å²) in [6.07, 6.45) is 3.09. The van der Waals surface area contributed by atoms with Gasteiger partial charge in [-0.3, -0.25) is 4.79 Å². The molecule has 0 aliphatic rings. The summed E-state index contributed by atoms with van der Waals surface area (Å²) in [6, 6.07) is 12.4. The second-order valence-corrected chi connectivity index (χ2v) is 4.92. The minimum atomic E-state index is -0.387. The number of hydrogen-bond donors (Lipinski definition) is 0. The number of carbonyl (C=O) groups is 2. The summed E-state index contributed by atoms with van der Waals surface area (Å²) in [5.74, 6) is 0.250. The van der Waals surface area contributed by atoms with Gasteiger partial charge in [0.2, 0.25) is 0 Å². The van der Waals surface area contributed by atoms with Crippen molar-refractivity contribution in [3.63, 3.8) is 0 Å². The van der Waals surface area contributed by atoms with Crippen LogP contribution in [0.4, 0.5) is 0 Å². The van der Waals surface area contributed by atoms with E-state index in [1.54, 1.807) is 36.4 Å². The van der Waals surface area contributed by atoms with Gasteiger partial charge in [-0.05, 0) is 30.2 Å². The fourth-order valence-corrected chi connectivity index (χ4v) is 2.26. The van der Waals surface area contributed by atoms with Crippen molar-refractivity contribution < 1.29 is 19.1 Å². The first kappa shape index (κ1) is 16.5. The zero-order chi connectivity index (χ0) is 16.7. The van der Waals surface area contributed by atoms with Gasteiger partial charge in [-0.2, -0.15) is 0 Å². The highest BCUT2D eigenvalue weighted by Crippen LogP contribution is 2.23. The summed E-state index contributed by atoms with van der Waals surface area (Å²) >= 11 is 0. The lowest BCUT2D eigenvalue weighted by atomic mass is 10.0. The summed E-state index contributed by atoms with van der Waals surface area (Å²) in [6.45, 7) is 4.00. The molecule has 2 aromatic carbocycles. The van der Waals surface area contributed by atoms with Crippen LogP contribution in [0.2, 0.25) is 0 Å². The highest BCUT2D eigenvalue weighted by molar-refractivity contribution is 5.89. The third-order valence-corrected chi connectivity index (χ3v) is 3.39. The van der Waals surface area contributed by atoms with Crippen LogP contribution in [0.3, 0.4) is 0 Å². The first-order valence-corrected chi connectivity index (χ1v) is 7.17.